The van der Waals surface area contributed by atoms with Crippen LogP contribution in [-0.4, -0.2) is 34.0 Å². The van der Waals surface area contributed by atoms with Gasteiger partial charge in [0.25, 0.3) is 0 Å². The van der Waals surface area contributed by atoms with E-state index in [1.54, 1.807) is 13.8 Å². The van der Waals surface area contributed by atoms with Crippen LogP contribution in [0.3, 0.4) is 0 Å². The van der Waals surface area contributed by atoms with Gasteiger partial charge in [-0.2, -0.15) is 5.10 Å². The predicted octanol–water partition coefficient (Wildman–Crippen LogP) is 1.15. The van der Waals surface area contributed by atoms with Gasteiger partial charge < -0.3 is 15.7 Å². The molecule has 0 saturated carbocycles. The minimum Gasteiger partial charge on any atom is -0.389 e. The van der Waals surface area contributed by atoms with E-state index in [2.05, 4.69) is 10.2 Å². The quantitative estimate of drug-likeness (QED) is 0.822. The van der Waals surface area contributed by atoms with Gasteiger partial charge in [-0.15, -0.1) is 5.10 Å². The van der Waals surface area contributed by atoms with Crippen molar-refractivity contribution in [2.24, 2.45) is 5.73 Å². The zero-order chi connectivity index (χ0) is 13.9. The van der Waals surface area contributed by atoms with Crippen molar-refractivity contribution in [3.8, 4) is 0 Å². The summed E-state index contributed by atoms with van der Waals surface area (Å²) in [4.78, 5) is 2.02. The highest BCUT2D eigenvalue weighted by molar-refractivity contribution is 5.50. The van der Waals surface area contributed by atoms with Crippen LogP contribution in [0, 0.1) is 13.8 Å². The van der Waals surface area contributed by atoms with Crippen molar-refractivity contribution < 1.29 is 5.11 Å². The highest BCUT2D eigenvalue weighted by Crippen LogP contribution is 2.23. The first-order valence-corrected chi connectivity index (χ1v) is 6.30. The second-order valence-electron chi connectivity index (χ2n) is 5.24. The van der Waals surface area contributed by atoms with Crippen LogP contribution in [0.15, 0.2) is 0 Å². The maximum Gasteiger partial charge on any atom is 0.156 e. The van der Waals surface area contributed by atoms with Gasteiger partial charge in [0, 0.05) is 25.2 Å². The molecule has 5 nitrogen and oxygen atoms in total. The molecule has 1 aromatic rings. The molecule has 1 rings (SSSR count). The summed E-state index contributed by atoms with van der Waals surface area (Å²) in [7, 11) is 0. The number of aryl methyl sites for hydroxylation is 1. The van der Waals surface area contributed by atoms with Gasteiger partial charge >= 0.3 is 0 Å². The Labute approximate surface area is 109 Å². The molecule has 102 valence electrons. The predicted molar refractivity (Wildman–Crippen MR) is 73.6 cm³/mol. The van der Waals surface area contributed by atoms with Crippen LogP contribution in [0.25, 0.3) is 0 Å². The molecule has 0 bridgehead atoms. The number of rotatable bonds is 5. The lowest BCUT2D eigenvalue weighted by molar-refractivity contribution is 0.0873. The number of anilines is 1. The molecule has 0 radical (unpaired) electrons. The molecular weight excluding hydrogens is 228 g/mol. The van der Waals surface area contributed by atoms with Gasteiger partial charge in [0.05, 0.1) is 11.3 Å². The number of hydrogen-bond acceptors (Lipinski definition) is 5. The fourth-order valence-electron chi connectivity index (χ4n) is 1.95. The van der Waals surface area contributed by atoms with Crippen LogP contribution in [-0.2, 0) is 6.54 Å². The SMILES string of the molecule is CCN(CC(C)(C)O)c1nnc(C)c(C)c1CN. The topological polar surface area (TPSA) is 75.3 Å². The summed E-state index contributed by atoms with van der Waals surface area (Å²) in [6, 6.07) is 0. The Hall–Kier alpha value is -1.20. The van der Waals surface area contributed by atoms with E-state index in [4.69, 9.17) is 5.73 Å². The summed E-state index contributed by atoms with van der Waals surface area (Å²) in [5, 5.41) is 18.4. The maximum atomic E-state index is 9.95. The number of nitrogens with zero attached hydrogens (tertiary/aromatic N) is 3. The monoisotopic (exact) mass is 252 g/mol. The van der Waals surface area contributed by atoms with Gasteiger partial charge in [-0.05, 0) is 40.2 Å². The standard InChI is InChI=1S/C13H24N4O/c1-6-17(8-13(4,5)18)12-11(7-14)9(2)10(3)15-16-12/h18H,6-8,14H2,1-5H3. The molecule has 0 amide bonds. The lowest BCUT2D eigenvalue weighted by atomic mass is 10.1. The minimum atomic E-state index is -0.775. The normalized spacial score (nSPS) is 11.7. The first kappa shape index (κ1) is 14.9. The minimum absolute atomic E-state index is 0.430. The third-order valence-corrected chi connectivity index (χ3v) is 3.02. The van der Waals surface area contributed by atoms with Crippen molar-refractivity contribution in [3.63, 3.8) is 0 Å². The molecule has 0 unspecified atom stereocenters. The Balaban J connectivity index is 3.17. The molecule has 1 aromatic heterocycles. The van der Waals surface area contributed by atoms with Gasteiger partial charge in [-0.25, -0.2) is 0 Å². The largest absolute Gasteiger partial charge is 0.389 e. The molecular formula is C13H24N4O. The Kier molecular flexibility index (Phi) is 4.65. The van der Waals surface area contributed by atoms with Crippen molar-refractivity contribution in [2.45, 2.75) is 46.8 Å². The van der Waals surface area contributed by atoms with Crippen molar-refractivity contribution >= 4 is 5.82 Å². The molecule has 0 aliphatic carbocycles. The Bertz CT molecular complexity index is 412. The van der Waals surface area contributed by atoms with Crippen molar-refractivity contribution in [1.82, 2.24) is 10.2 Å². The molecule has 5 heteroatoms. The molecule has 0 atom stereocenters. The average molecular weight is 252 g/mol. The molecule has 1 heterocycles. The van der Waals surface area contributed by atoms with Gasteiger partial charge in [-0.1, -0.05) is 0 Å². The third-order valence-electron chi connectivity index (χ3n) is 3.02. The van der Waals surface area contributed by atoms with Crippen LogP contribution in [0.5, 0.6) is 0 Å². The fourth-order valence-corrected chi connectivity index (χ4v) is 1.95. The van der Waals surface area contributed by atoms with E-state index in [-0.39, 0.29) is 0 Å². The van der Waals surface area contributed by atoms with E-state index < -0.39 is 5.60 Å². The molecule has 0 saturated heterocycles. The summed E-state index contributed by atoms with van der Waals surface area (Å²) in [6.07, 6.45) is 0. The second kappa shape index (κ2) is 5.63. The molecule has 0 aromatic carbocycles. The second-order valence-corrected chi connectivity index (χ2v) is 5.24. The fraction of sp³-hybridized carbons (Fsp3) is 0.692. The Morgan fingerprint density at radius 1 is 1.28 bits per heavy atom. The van der Waals surface area contributed by atoms with Crippen molar-refractivity contribution in [3.05, 3.63) is 16.8 Å². The third kappa shape index (κ3) is 3.40. The maximum absolute atomic E-state index is 9.95. The van der Waals surface area contributed by atoms with Gasteiger partial charge in [0.1, 0.15) is 0 Å². The first-order valence-electron chi connectivity index (χ1n) is 6.30. The molecule has 0 aliphatic heterocycles. The zero-order valence-electron chi connectivity index (χ0n) is 12.0. The van der Waals surface area contributed by atoms with Crippen molar-refractivity contribution in [1.29, 1.82) is 0 Å². The molecule has 18 heavy (non-hydrogen) atoms. The number of likely N-dealkylation sites (N-methyl/N-ethyl adjacent to an activating group) is 1. The number of aliphatic hydroxyl groups is 1. The summed E-state index contributed by atoms with van der Waals surface area (Å²) in [6.45, 7) is 11.2. The van der Waals surface area contributed by atoms with E-state index in [0.29, 0.717) is 13.1 Å². The van der Waals surface area contributed by atoms with Gasteiger partial charge in [0.15, 0.2) is 5.82 Å². The number of nitrogens with two attached hydrogens (primary N) is 1. The van der Waals surface area contributed by atoms with E-state index >= 15 is 0 Å². The van der Waals surface area contributed by atoms with Gasteiger partial charge in [0.2, 0.25) is 0 Å². The summed E-state index contributed by atoms with van der Waals surface area (Å²) in [5.41, 5.74) is 8.03. The van der Waals surface area contributed by atoms with E-state index in [0.717, 1.165) is 29.2 Å². The van der Waals surface area contributed by atoms with Crippen LogP contribution in [0.2, 0.25) is 0 Å². The summed E-state index contributed by atoms with van der Waals surface area (Å²) < 4.78 is 0. The van der Waals surface area contributed by atoms with E-state index in [9.17, 15) is 5.11 Å². The molecule has 3 N–H and O–H groups in total. The Morgan fingerprint density at radius 3 is 2.33 bits per heavy atom. The van der Waals surface area contributed by atoms with Gasteiger partial charge in [-0.3, -0.25) is 0 Å². The van der Waals surface area contributed by atoms with Crippen LogP contribution in [0.4, 0.5) is 5.82 Å². The molecule has 0 fully saturated rings. The summed E-state index contributed by atoms with van der Waals surface area (Å²) in [5.74, 6) is 0.783. The van der Waals surface area contributed by atoms with Crippen LogP contribution in [0.1, 0.15) is 37.6 Å². The number of hydrogen-bond donors (Lipinski definition) is 2. The number of aromatic nitrogens is 2. The first-order chi connectivity index (χ1) is 8.30. The van der Waals surface area contributed by atoms with Crippen molar-refractivity contribution in [2.75, 3.05) is 18.0 Å². The summed E-state index contributed by atoms with van der Waals surface area (Å²) >= 11 is 0. The highest BCUT2D eigenvalue weighted by Gasteiger charge is 2.21. The molecule has 0 aliphatic rings. The van der Waals surface area contributed by atoms with E-state index in [1.807, 2.05) is 25.7 Å². The zero-order valence-corrected chi connectivity index (χ0v) is 12.0. The highest BCUT2D eigenvalue weighted by atomic mass is 16.3. The Morgan fingerprint density at radius 2 is 1.89 bits per heavy atom. The van der Waals surface area contributed by atoms with Crippen LogP contribution >= 0.6 is 0 Å². The van der Waals surface area contributed by atoms with Crippen LogP contribution < -0.4 is 10.6 Å². The van der Waals surface area contributed by atoms with E-state index in [1.165, 1.54) is 0 Å². The average Bonchev–Trinajstić information content (AvgIpc) is 2.28. The smallest absolute Gasteiger partial charge is 0.156 e. The lowest BCUT2D eigenvalue weighted by Crippen LogP contribution is -2.40. The molecule has 0 spiro atoms. The lowest BCUT2D eigenvalue weighted by Gasteiger charge is -2.30.